The van der Waals surface area contributed by atoms with Crippen molar-refractivity contribution >= 4 is 45.1 Å². The average Bonchev–Trinajstić information content (AvgIpc) is 3.03. The zero-order valence-corrected chi connectivity index (χ0v) is 25.4. The minimum Gasteiger partial charge on any atom is -0.466 e. The number of likely N-dealkylation sites (tertiary alicyclic amines) is 1. The van der Waals surface area contributed by atoms with Gasteiger partial charge in [-0.2, -0.15) is 0 Å². The molecule has 0 spiro atoms. The molecule has 2 heterocycles. The molecule has 2 aliphatic rings. The lowest BCUT2D eigenvalue weighted by Gasteiger charge is -2.33. The van der Waals surface area contributed by atoms with Crippen LogP contribution in [0.2, 0.25) is 0 Å². The summed E-state index contributed by atoms with van der Waals surface area (Å²) in [5, 5.41) is 0. The Hall–Kier alpha value is -4.04. The molecule has 5 rings (SSSR count). The van der Waals surface area contributed by atoms with E-state index in [2.05, 4.69) is 15.9 Å². The number of nitrogens with zero attached hydrogens (tertiary/aromatic N) is 2. The van der Waals surface area contributed by atoms with Crippen molar-refractivity contribution in [3.8, 4) is 0 Å². The number of benzene rings is 3. The van der Waals surface area contributed by atoms with E-state index in [1.807, 2.05) is 48.5 Å². The summed E-state index contributed by atoms with van der Waals surface area (Å²) in [6, 6.07) is 22.2. The van der Waals surface area contributed by atoms with Crippen LogP contribution in [0.15, 0.2) is 83.0 Å². The van der Waals surface area contributed by atoms with Gasteiger partial charge in [-0.05, 0) is 72.9 Å². The third kappa shape index (κ3) is 5.95. The first-order valence-corrected chi connectivity index (χ1v) is 15.1. The molecule has 0 saturated carbocycles. The van der Waals surface area contributed by atoms with E-state index >= 15 is 0 Å². The zero-order valence-electron chi connectivity index (χ0n) is 23.8. The van der Waals surface area contributed by atoms with Crippen LogP contribution >= 0.6 is 15.9 Å². The minimum absolute atomic E-state index is 0.120. The van der Waals surface area contributed by atoms with Crippen LogP contribution in [-0.4, -0.2) is 53.1 Å². The molecule has 8 heteroatoms. The Balaban J connectivity index is 1.42. The molecule has 3 aromatic carbocycles. The van der Waals surface area contributed by atoms with Crippen LogP contribution in [0.5, 0.6) is 0 Å². The van der Waals surface area contributed by atoms with Gasteiger partial charge in [0.15, 0.2) is 5.78 Å². The second-order valence-electron chi connectivity index (χ2n) is 10.5. The normalized spacial score (nSPS) is 15.3. The third-order valence-electron chi connectivity index (χ3n) is 7.85. The molecule has 0 aromatic heterocycles. The number of fused-ring (bicyclic) bond motifs is 1. The van der Waals surface area contributed by atoms with Crippen molar-refractivity contribution in [3.63, 3.8) is 0 Å². The van der Waals surface area contributed by atoms with Gasteiger partial charge in [0.05, 0.1) is 24.8 Å². The van der Waals surface area contributed by atoms with E-state index < -0.39 is 0 Å². The summed E-state index contributed by atoms with van der Waals surface area (Å²) < 4.78 is 6.02. The van der Waals surface area contributed by atoms with Crippen LogP contribution < -0.4 is 0 Å². The van der Waals surface area contributed by atoms with E-state index in [-0.39, 0.29) is 42.5 Å². The quantitative estimate of drug-likeness (QED) is 0.288. The Morgan fingerprint density at radius 2 is 1.50 bits per heavy atom. The second kappa shape index (κ2) is 12.9. The molecule has 42 heavy (non-hydrogen) atoms. The number of hydrogen-bond donors (Lipinski definition) is 0. The van der Waals surface area contributed by atoms with E-state index in [1.54, 1.807) is 47.9 Å². The number of carbonyl (C=O) groups is 4. The number of ketones is 1. The van der Waals surface area contributed by atoms with Crippen molar-refractivity contribution in [2.24, 2.45) is 5.92 Å². The zero-order chi connectivity index (χ0) is 29.8. The van der Waals surface area contributed by atoms with Gasteiger partial charge < -0.3 is 9.64 Å². The van der Waals surface area contributed by atoms with Crippen LogP contribution in [0.3, 0.4) is 0 Å². The molecule has 0 aliphatic carbocycles. The maximum Gasteiger partial charge on any atom is 0.309 e. The number of amides is 2. The summed E-state index contributed by atoms with van der Waals surface area (Å²) in [5.41, 5.74) is 4.70. The summed E-state index contributed by atoms with van der Waals surface area (Å²) in [7, 11) is 0. The van der Waals surface area contributed by atoms with E-state index in [0.717, 1.165) is 26.7 Å². The Kier molecular flexibility index (Phi) is 9.02. The van der Waals surface area contributed by atoms with Crippen LogP contribution in [0.1, 0.15) is 70.5 Å². The van der Waals surface area contributed by atoms with Crippen molar-refractivity contribution < 1.29 is 23.9 Å². The molecule has 1 saturated heterocycles. The number of Topliss-reactive ketones (excluding diaryl/α,β-unsaturated/α-hetero) is 1. The summed E-state index contributed by atoms with van der Waals surface area (Å²) in [4.78, 5) is 56.0. The first kappa shape index (κ1) is 29.5. The molecule has 3 aromatic rings. The topological polar surface area (TPSA) is 84.0 Å². The summed E-state index contributed by atoms with van der Waals surface area (Å²) >= 11 is 3.57. The summed E-state index contributed by atoms with van der Waals surface area (Å²) in [6.45, 7) is 5.14. The van der Waals surface area contributed by atoms with Gasteiger partial charge in [0.2, 0.25) is 0 Å². The number of halogens is 1. The van der Waals surface area contributed by atoms with Crippen LogP contribution in [0.25, 0.3) is 5.57 Å². The second-order valence-corrected chi connectivity index (χ2v) is 11.4. The lowest BCUT2D eigenvalue weighted by atomic mass is 9.86. The minimum atomic E-state index is -0.303. The molecular formula is C34H33BrN2O5. The van der Waals surface area contributed by atoms with Crippen molar-refractivity contribution in [2.75, 3.05) is 19.7 Å². The monoisotopic (exact) mass is 628 g/mol. The first-order chi connectivity index (χ1) is 20.3. The standard InChI is InChI=1S/C34H33BrN2O5/c1-3-29(38)31-30(22-8-6-5-7-9-22)28-20-27(35)15-14-26(28)21-37(31)33(40)24-12-10-23(11-13-24)32(39)36-18-16-25(17-19-36)34(41)42-4-2/h5-15,20,25H,3-4,16-19,21H2,1-2H3. The fraction of sp³-hybridized carbons (Fsp3) is 0.294. The van der Waals surface area contributed by atoms with Gasteiger partial charge in [-0.3, -0.25) is 24.1 Å². The van der Waals surface area contributed by atoms with Gasteiger partial charge >= 0.3 is 5.97 Å². The largest absolute Gasteiger partial charge is 0.466 e. The number of esters is 1. The summed E-state index contributed by atoms with van der Waals surface area (Å²) in [5.74, 6) is -0.944. The van der Waals surface area contributed by atoms with Crippen LogP contribution in [0, 0.1) is 5.92 Å². The molecule has 0 bridgehead atoms. The molecule has 2 amide bonds. The fourth-order valence-corrected chi connectivity index (χ4v) is 5.99. The fourth-order valence-electron chi connectivity index (χ4n) is 5.63. The average molecular weight is 630 g/mol. The highest BCUT2D eigenvalue weighted by Crippen LogP contribution is 2.39. The lowest BCUT2D eigenvalue weighted by Crippen LogP contribution is -2.40. The van der Waals surface area contributed by atoms with Gasteiger partial charge in [-0.15, -0.1) is 0 Å². The molecule has 0 atom stereocenters. The molecule has 0 radical (unpaired) electrons. The van der Waals surface area contributed by atoms with E-state index in [4.69, 9.17) is 4.74 Å². The highest BCUT2D eigenvalue weighted by Gasteiger charge is 2.34. The number of allylic oxidation sites excluding steroid dienone is 1. The highest BCUT2D eigenvalue weighted by molar-refractivity contribution is 9.10. The van der Waals surface area contributed by atoms with Gasteiger partial charge in [0.25, 0.3) is 11.8 Å². The van der Waals surface area contributed by atoms with Gasteiger partial charge in [0, 0.05) is 40.7 Å². The van der Waals surface area contributed by atoms with Crippen molar-refractivity contribution in [1.29, 1.82) is 0 Å². The molecular weight excluding hydrogens is 596 g/mol. The predicted molar refractivity (Wildman–Crippen MR) is 163 cm³/mol. The van der Waals surface area contributed by atoms with E-state index in [9.17, 15) is 19.2 Å². The van der Waals surface area contributed by atoms with Gasteiger partial charge in [0.1, 0.15) is 0 Å². The van der Waals surface area contributed by atoms with E-state index in [0.29, 0.717) is 49.4 Å². The number of carbonyl (C=O) groups excluding carboxylic acids is 4. The van der Waals surface area contributed by atoms with Gasteiger partial charge in [-0.1, -0.05) is 59.3 Å². The summed E-state index contributed by atoms with van der Waals surface area (Å²) in [6.07, 6.45) is 1.38. The molecule has 1 fully saturated rings. The molecule has 0 N–H and O–H groups in total. The Bertz CT molecular complexity index is 1540. The molecule has 0 unspecified atom stereocenters. The Labute approximate surface area is 254 Å². The first-order valence-electron chi connectivity index (χ1n) is 14.3. The molecule has 216 valence electrons. The third-order valence-corrected chi connectivity index (χ3v) is 8.34. The van der Waals surface area contributed by atoms with Crippen molar-refractivity contribution in [1.82, 2.24) is 9.80 Å². The number of rotatable bonds is 7. The van der Waals surface area contributed by atoms with Crippen molar-refractivity contribution in [3.05, 3.63) is 111 Å². The Morgan fingerprint density at radius 3 is 2.12 bits per heavy atom. The van der Waals surface area contributed by atoms with Gasteiger partial charge in [-0.25, -0.2) is 0 Å². The number of piperidine rings is 1. The van der Waals surface area contributed by atoms with Crippen LogP contribution in [-0.2, 0) is 20.9 Å². The van der Waals surface area contributed by atoms with Crippen LogP contribution in [0.4, 0.5) is 0 Å². The smallest absolute Gasteiger partial charge is 0.309 e. The number of ether oxygens (including phenoxy) is 1. The number of hydrogen-bond acceptors (Lipinski definition) is 5. The maximum atomic E-state index is 14.0. The van der Waals surface area contributed by atoms with Crippen molar-refractivity contribution in [2.45, 2.75) is 39.7 Å². The molecule has 2 aliphatic heterocycles. The SMILES string of the molecule is CCOC(=O)C1CCN(C(=O)c2ccc(C(=O)N3Cc4ccc(Br)cc4C(c4ccccc4)=C3C(=O)CC)cc2)CC1. The van der Waals surface area contributed by atoms with E-state index in [1.165, 1.54) is 0 Å². The lowest BCUT2D eigenvalue weighted by molar-refractivity contribution is -0.149. The highest BCUT2D eigenvalue weighted by atomic mass is 79.9. The predicted octanol–water partition coefficient (Wildman–Crippen LogP) is 6.26. The Morgan fingerprint density at radius 1 is 0.857 bits per heavy atom. The molecule has 7 nitrogen and oxygen atoms in total. The maximum absolute atomic E-state index is 14.0.